The van der Waals surface area contributed by atoms with Crippen molar-refractivity contribution >= 4 is 43.2 Å². The molecule has 2 aromatic carbocycles. The van der Waals surface area contributed by atoms with E-state index in [1.807, 2.05) is 26.8 Å². The summed E-state index contributed by atoms with van der Waals surface area (Å²) in [5.41, 5.74) is 1.86. The van der Waals surface area contributed by atoms with Crippen LogP contribution in [0, 0.1) is 12.8 Å². The van der Waals surface area contributed by atoms with Crippen LogP contribution in [0.3, 0.4) is 0 Å². The second-order valence-electron chi connectivity index (χ2n) is 6.26. The Morgan fingerprint density at radius 1 is 1.16 bits per heavy atom. The van der Waals surface area contributed by atoms with Gasteiger partial charge in [-0.05, 0) is 64.7 Å². The Bertz CT molecular complexity index is 880. The standard InChI is InChI=1S/C18H21BrN2O3S/c1-12(2)9-18(22)20-14-5-4-6-15(11-14)25(23,24)21-17-10-13(3)7-8-16(17)19/h4-8,10-12,21H,9H2,1-3H3,(H,20,22). The number of benzene rings is 2. The van der Waals surface area contributed by atoms with E-state index in [1.54, 1.807) is 24.3 Å². The number of halogens is 1. The molecular weight excluding hydrogens is 404 g/mol. The first-order chi connectivity index (χ1) is 11.7. The Labute approximate surface area is 157 Å². The highest BCUT2D eigenvalue weighted by Gasteiger charge is 2.17. The summed E-state index contributed by atoms with van der Waals surface area (Å²) in [5.74, 6) is 0.0891. The molecule has 5 nitrogen and oxygen atoms in total. The van der Waals surface area contributed by atoms with Crippen molar-refractivity contribution in [2.75, 3.05) is 10.0 Å². The van der Waals surface area contributed by atoms with Crippen LogP contribution >= 0.6 is 15.9 Å². The molecule has 0 heterocycles. The number of aryl methyl sites for hydroxylation is 1. The minimum Gasteiger partial charge on any atom is -0.326 e. The molecular formula is C18H21BrN2O3S. The summed E-state index contributed by atoms with van der Waals surface area (Å²) in [4.78, 5) is 12.0. The second-order valence-corrected chi connectivity index (χ2v) is 8.80. The van der Waals surface area contributed by atoms with Gasteiger partial charge in [-0.3, -0.25) is 9.52 Å². The van der Waals surface area contributed by atoms with Gasteiger partial charge in [-0.15, -0.1) is 0 Å². The first-order valence-corrected chi connectivity index (χ1v) is 10.1. The van der Waals surface area contributed by atoms with Crippen molar-refractivity contribution in [3.8, 4) is 0 Å². The first kappa shape index (κ1) is 19.5. The molecule has 0 spiro atoms. The van der Waals surface area contributed by atoms with Gasteiger partial charge >= 0.3 is 0 Å². The predicted octanol–water partition coefficient (Wildman–Crippen LogP) is 4.54. The maximum absolute atomic E-state index is 12.6. The van der Waals surface area contributed by atoms with E-state index in [9.17, 15) is 13.2 Å². The summed E-state index contributed by atoms with van der Waals surface area (Å²) in [6.07, 6.45) is 0.380. The second kappa shape index (κ2) is 8.01. The SMILES string of the molecule is Cc1ccc(Br)c(NS(=O)(=O)c2cccc(NC(=O)CC(C)C)c2)c1. The van der Waals surface area contributed by atoms with Crippen LogP contribution in [0.25, 0.3) is 0 Å². The minimum atomic E-state index is -3.77. The third kappa shape index (κ3) is 5.57. The van der Waals surface area contributed by atoms with Crippen molar-refractivity contribution in [1.82, 2.24) is 0 Å². The van der Waals surface area contributed by atoms with Crippen LogP contribution in [0.2, 0.25) is 0 Å². The Kier molecular flexibility index (Phi) is 6.24. The van der Waals surface area contributed by atoms with Crippen LogP contribution in [-0.2, 0) is 14.8 Å². The number of amides is 1. The molecule has 7 heteroatoms. The molecule has 1 amide bonds. The molecule has 0 saturated carbocycles. The van der Waals surface area contributed by atoms with Crippen LogP contribution in [0.15, 0.2) is 51.8 Å². The number of carbonyl (C=O) groups excluding carboxylic acids is 1. The van der Waals surface area contributed by atoms with Gasteiger partial charge in [0.1, 0.15) is 0 Å². The zero-order valence-corrected chi connectivity index (χ0v) is 16.7. The van der Waals surface area contributed by atoms with E-state index in [0.29, 0.717) is 22.3 Å². The third-order valence-corrected chi connectivity index (χ3v) is 5.44. The molecule has 0 fully saturated rings. The summed E-state index contributed by atoms with van der Waals surface area (Å²) in [5, 5.41) is 2.73. The summed E-state index contributed by atoms with van der Waals surface area (Å²) in [6.45, 7) is 5.78. The lowest BCUT2D eigenvalue weighted by Gasteiger charge is -2.12. The average molecular weight is 425 g/mol. The molecule has 0 aliphatic heterocycles. The van der Waals surface area contributed by atoms with Crippen molar-refractivity contribution in [2.24, 2.45) is 5.92 Å². The fraction of sp³-hybridized carbons (Fsp3) is 0.278. The zero-order chi connectivity index (χ0) is 18.6. The normalized spacial score (nSPS) is 11.4. The number of sulfonamides is 1. The van der Waals surface area contributed by atoms with Gasteiger partial charge in [0.2, 0.25) is 5.91 Å². The van der Waals surface area contributed by atoms with Crippen molar-refractivity contribution in [3.05, 3.63) is 52.5 Å². The number of hydrogen-bond donors (Lipinski definition) is 2. The maximum Gasteiger partial charge on any atom is 0.262 e. The van der Waals surface area contributed by atoms with Gasteiger partial charge in [-0.1, -0.05) is 26.0 Å². The van der Waals surface area contributed by atoms with E-state index < -0.39 is 10.0 Å². The molecule has 2 N–H and O–H groups in total. The summed E-state index contributed by atoms with van der Waals surface area (Å²) in [7, 11) is -3.77. The monoisotopic (exact) mass is 424 g/mol. The fourth-order valence-corrected chi connectivity index (χ4v) is 3.84. The molecule has 25 heavy (non-hydrogen) atoms. The van der Waals surface area contributed by atoms with Gasteiger partial charge in [0, 0.05) is 16.6 Å². The summed E-state index contributed by atoms with van der Waals surface area (Å²) in [6, 6.07) is 11.6. The van der Waals surface area contributed by atoms with Crippen molar-refractivity contribution < 1.29 is 13.2 Å². The highest BCUT2D eigenvalue weighted by Crippen LogP contribution is 2.26. The number of hydrogen-bond acceptors (Lipinski definition) is 3. The van der Waals surface area contributed by atoms with E-state index in [4.69, 9.17) is 0 Å². The van der Waals surface area contributed by atoms with E-state index in [-0.39, 0.29) is 16.7 Å². The predicted molar refractivity (Wildman–Crippen MR) is 104 cm³/mol. The highest BCUT2D eigenvalue weighted by molar-refractivity contribution is 9.10. The number of rotatable bonds is 6. The Morgan fingerprint density at radius 2 is 1.88 bits per heavy atom. The molecule has 2 rings (SSSR count). The Hall–Kier alpha value is -1.86. The van der Waals surface area contributed by atoms with Crippen molar-refractivity contribution in [2.45, 2.75) is 32.1 Å². The van der Waals surface area contributed by atoms with E-state index in [2.05, 4.69) is 26.0 Å². The highest BCUT2D eigenvalue weighted by atomic mass is 79.9. The van der Waals surface area contributed by atoms with Crippen molar-refractivity contribution in [3.63, 3.8) is 0 Å². The Morgan fingerprint density at radius 3 is 2.56 bits per heavy atom. The van der Waals surface area contributed by atoms with Gasteiger partial charge in [-0.2, -0.15) is 0 Å². The lowest BCUT2D eigenvalue weighted by atomic mass is 10.1. The third-order valence-electron chi connectivity index (χ3n) is 3.39. The number of carbonyl (C=O) groups is 1. The molecule has 0 aliphatic carbocycles. The van der Waals surface area contributed by atoms with Crippen LogP contribution in [0.1, 0.15) is 25.8 Å². The van der Waals surface area contributed by atoms with Gasteiger partial charge in [0.15, 0.2) is 0 Å². The van der Waals surface area contributed by atoms with Gasteiger partial charge in [0.25, 0.3) is 10.0 Å². The molecule has 0 unspecified atom stereocenters. The molecule has 0 saturated heterocycles. The van der Waals surface area contributed by atoms with Crippen LogP contribution in [0.4, 0.5) is 11.4 Å². The Balaban J connectivity index is 2.23. The zero-order valence-electron chi connectivity index (χ0n) is 14.3. The molecule has 0 bridgehead atoms. The van der Waals surface area contributed by atoms with Gasteiger partial charge in [0.05, 0.1) is 10.6 Å². The molecule has 2 aromatic rings. The molecule has 0 aromatic heterocycles. The van der Waals surface area contributed by atoms with Crippen LogP contribution < -0.4 is 10.0 Å². The van der Waals surface area contributed by atoms with Crippen molar-refractivity contribution in [1.29, 1.82) is 0 Å². The fourth-order valence-electron chi connectivity index (χ4n) is 2.24. The van der Waals surface area contributed by atoms with E-state index in [0.717, 1.165) is 5.56 Å². The van der Waals surface area contributed by atoms with Gasteiger partial charge in [-0.25, -0.2) is 8.42 Å². The maximum atomic E-state index is 12.6. The lowest BCUT2D eigenvalue weighted by molar-refractivity contribution is -0.116. The largest absolute Gasteiger partial charge is 0.326 e. The van der Waals surface area contributed by atoms with Crippen LogP contribution in [0.5, 0.6) is 0 Å². The smallest absolute Gasteiger partial charge is 0.262 e. The molecule has 0 atom stereocenters. The summed E-state index contributed by atoms with van der Waals surface area (Å²) >= 11 is 3.34. The average Bonchev–Trinajstić information content (AvgIpc) is 2.50. The van der Waals surface area contributed by atoms with E-state index >= 15 is 0 Å². The molecule has 0 radical (unpaired) electrons. The molecule has 0 aliphatic rings. The number of anilines is 2. The topological polar surface area (TPSA) is 75.3 Å². The first-order valence-electron chi connectivity index (χ1n) is 7.86. The minimum absolute atomic E-state index is 0.0863. The van der Waals surface area contributed by atoms with E-state index in [1.165, 1.54) is 12.1 Å². The lowest BCUT2D eigenvalue weighted by Crippen LogP contribution is -2.16. The molecule has 134 valence electrons. The quantitative estimate of drug-likeness (QED) is 0.714. The van der Waals surface area contributed by atoms with Crippen LogP contribution in [-0.4, -0.2) is 14.3 Å². The number of nitrogens with one attached hydrogen (secondary N) is 2. The summed E-state index contributed by atoms with van der Waals surface area (Å²) < 4.78 is 28.5. The van der Waals surface area contributed by atoms with Gasteiger partial charge < -0.3 is 5.32 Å².